The summed E-state index contributed by atoms with van der Waals surface area (Å²) in [5.41, 5.74) is 1.19. The van der Waals surface area contributed by atoms with Gasteiger partial charge < -0.3 is 10.2 Å². The quantitative estimate of drug-likeness (QED) is 0.513. The van der Waals surface area contributed by atoms with E-state index in [4.69, 9.17) is 0 Å². The van der Waals surface area contributed by atoms with Gasteiger partial charge in [-0.25, -0.2) is 12.8 Å². The van der Waals surface area contributed by atoms with E-state index in [1.54, 1.807) is 6.92 Å². The van der Waals surface area contributed by atoms with Crippen molar-refractivity contribution >= 4 is 43.5 Å². The minimum atomic E-state index is -3.62. The van der Waals surface area contributed by atoms with Gasteiger partial charge in [-0.05, 0) is 55.3 Å². The fraction of sp³-hybridized carbons (Fsp3) is 0.364. The molecule has 7 nitrogen and oxygen atoms in total. The second-order valence-electron chi connectivity index (χ2n) is 7.35. The van der Waals surface area contributed by atoms with Crippen molar-refractivity contribution in [1.29, 1.82) is 0 Å². The summed E-state index contributed by atoms with van der Waals surface area (Å²) in [6.45, 7) is 1.95. The van der Waals surface area contributed by atoms with Crippen LogP contribution in [0.2, 0.25) is 0 Å². The lowest BCUT2D eigenvalue weighted by molar-refractivity contribution is -0.140. The molecule has 2 aromatic carbocycles. The van der Waals surface area contributed by atoms with Crippen molar-refractivity contribution in [3.8, 4) is 0 Å². The summed E-state index contributed by atoms with van der Waals surface area (Å²) < 4.78 is 39.7. The van der Waals surface area contributed by atoms with Gasteiger partial charge in [-0.1, -0.05) is 28.1 Å². The smallest absolute Gasteiger partial charge is 0.242 e. The van der Waals surface area contributed by atoms with Crippen LogP contribution in [0.5, 0.6) is 0 Å². The van der Waals surface area contributed by atoms with Gasteiger partial charge >= 0.3 is 0 Å². The van der Waals surface area contributed by atoms with Crippen LogP contribution in [0, 0.1) is 5.82 Å². The first-order valence-electron chi connectivity index (χ1n) is 10.0. The highest BCUT2D eigenvalue weighted by Crippen LogP contribution is 2.20. The third kappa shape index (κ3) is 7.30. The molecule has 0 aliphatic carbocycles. The molecule has 2 aromatic rings. The topological polar surface area (TPSA) is 86.8 Å². The van der Waals surface area contributed by atoms with Gasteiger partial charge in [-0.3, -0.25) is 13.9 Å². The zero-order chi connectivity index (χ0) is 23.9. The Balaban J connectivity index is 2.12. The fourth-order valence-corrected chi connectivity index (χ4v) is 4.42. The van der Waals surface area contributed by atoms with Crippen LogP contribution in [0.25, 0.3) is 0 Å². The van der Waals surface area contributed by atoms with Crippen LogP contribution in [0.4, 0.5) is 10.1 Å². The molecule has 0 radical (unpaired) electrons. The first kappa shape index (κ1) is 25.8. The van der Waals surface area contributed by atoms with E-state index in [-0.39, 0.29) is 37.7 Å². The average molecular weight is 528 g/mol. The fourth-order valence-electron chi connectivity index (χ4n) is 3.19. The summed E-state index contributed by atoms with van der Waals surface area (Å²) in [5, 5.41) is 2.56. The maximum absolute atomic E-state index is 13.2. The van der Waals surface area contributed by atoms with Crippen LogP contribution >= 0.6 is 15.9 Å². The number of nitrogens with one attached hydrogen (secondary N) is 1. The molecule has 1 atom stereocenters. The number of likely N-dealkylation sites (N-methyl/N-ethyl adjacent to an activating group) is 1. The molecular formula is C22H27BrFN3O4S. The molecule has 1 N–H and O–H groups in total. The number of nitrogens with zero attached hydrogens (tertiary/aromatic N) is 2. The minimum Gasteiger partial charge on any atom is -0.357 e. The van der Waals surface area contributed by atoms with E-state index in [1.807, 2.05) is 24.3 Å². The minimum absolute atomic E-state index is 0.0467. The lowest BCUT2D eigenvalue weighted by atomic mass is 10.1. The zero-order valence-corrected chi connectivity index (χ0v) is 20.6. The van der Waals surface area contributed by atoms with Crippen LogP contribution < -0.4 is 9.62 Å². The average Bonchev–Trinajstić information content (AvgIpc) is 2.75. The van der Waals surface area contributed by atoms with Gasteiger partial charge in [0.05, 0.1) is 11.9 Å². The molecule has 2 rings (SSSR count). The Morgan fingerprint density at radius 2 is 1.69 bits per heavy atom. The lowest BCUT2D eigenvalue weighted by Gasteiger charge is -2.29. The second kappa shape index (κ2) is 11.4. The molecule has 0 heterocycles. The number of anilines is 1. The maximum atomic E-state index is 13.2. The van der Waals surface area contributed by atoms with Crippen LogP contribution in [-0.4, -0.2) is 51.0 Å². The van der Waals surface area contributed by atoms with Crippen molar-refractivity contribution in [2.75, 3.05) is 24.2 Å². The van der Waals surface area contributed by atoms with Gasteiger partial charge in [0.1, 0.15) is 11.9 Å². The number of hydrogen-bond donors (Lipinski definition) is 1. The predicted molar refractivity (Wildman–Crippen MR) is 126 cm³/mol. The molecule has 10 heteroatoms. The summed E-state index contributed by atoms with van der Waals surface area (Å²) in [5.74, 6) is -1.03. The second-order valence-corrected chi connectivity index (χ2v) is 10.2. The molecule has 2 amide bonds. The number of halogens is 2. The zero-order valence-electron chi connectivity index (χ0n) is 18.2. The van der Waals surface area contributed by atoms with Crippen molar-refractivity contribution in [1.82, 2.24) is 10.2 Å². The van der Waals surface area contributed by atoms with Crippen molar-refractivity contribution in [2.45, 2.75) is 32.4 Å². The van der Waals surface area contributed by atoms with Gasteiger partial charge in [-0.2, -0.15) is 0 Å². The molecule has 32 heavy (non-hydrogen) atoms. The molecule has 0 saturated carbocycles. The van der Waals surface area contributed by atoms with E-state index < -0.39 is 21.9 Å². The van der Waals surface area contributed by atoms with Crippen molar-refractivity contribution in [2.24, 2.45) is 0 Å². The van der Waals surface area contributed by atoms with Crippen molar-refractivity contribution in [3.05, 3.63) is 64.4 Å². The number of benzene rings is 2. The van der Waals surface area contributed by atoms with Gasteiger partial charge in [0.15, 0.2) is 0 Å². The third-order valence-corrected chi connectivity index (χ3v) is 6.67. The van der Waals surface area contributed by atoms with Crippen LogP contribution in [0.1, 0.15) is 25.3 Å². The number of rotatable bonds is 10. The third-order valence-electron chi connectivity index (χ3n) is 4.95. The van der Waals surface area contributed by atoms with Gasteiger partial charge in [-0.15, -0.1) is 0 Å². The summed E-state index contributed by atoms with van der Waals surface area (Å²) in [7, 11) is -2.11. The number of carbonyl (C=O) groups is 2. The van der Waals surface area contributed by atoms with Gasteiger partial charge in [0.25, 0.3) is 0 Å². The molecule has 0 fully saturated rings. The molecule has 0 aromatic heterocycles. The Kier molecular flexibility index (Phi) is 9.21. The highest BCUT2D eigenvalue weighted by atomic mass is 79.9. The van der Waals surface area contributed by atoms with Crippen molar-refractivity contribution < 1.29 is 22.4 Å². The summed E-state index contributed by atoms with van der Waals surface area (Å²) in [6, 6.07) is 11.9. The van der Waals surface area contributed by atoms with E-state index in [0.29, 0.717) is 5.69 Å². The maximum Gasteiger partial charge on any atom is 0.242 e. The van der Waals surface area contributed by atoms with Crippen molar-refractivity contribution in [3.63, 3.8) is 0 Å². The molecule has 0 bridgehead atoms. The summed E-state index contributed by atoms with van der Waals surface area (Å²) in [6.07, 6.45) is 1.34. The lowest BCUT2D eigenvalue weighted by Crippen LogP contribution is -2.46. The summed E-state index contributed by atoms with van der Waals surface area (Å²) >= 11 is 3.37. The SMILES string of the molecule is CNC(=O)[C@H](C)N(Cc1ccc(Br)cc1)C(=O)CCCN(c1ccc(F)cc1)S(C)(=O)=O. The highest BCUT2D eigenvalue weighted by Gasteiger charge is 2.26. The van der Waals surface area contributed by atoms with Crippen LogP contribution in [0.15, 0.2) is 53.0 Å². The Labute approximate surface area is 196 Å². The molecule has 0 spiro atoms. The number of amides is 2. The Morgan fingerprint density at radius 1 is 1.09 bits per heavy atom. The standard InChI is InChI=1S/C22H27BrFN3O4S/c1-16(22(29)25-2)26(15-17-6-8-18(23)9-7-17)21(28)5-4-14-27(32(3,30)31)20-12-10-19(24)11-13-20/h6-13,16H,4-5,14-15H2,1-3H3,(H,25,29)/t16-/m0/s1. The largest absolute Gasteiger partial charge is 0.357 e. The van der Waals surface area contributed by atoms with Gasteiger partial charge in [0, 0.05) is 31.0 Å². The first-order chi connectivity index (χ1) is 15.0. The Bertz CT molecular complexity index is 1030. The monoisotopic (exact) mass is 527 g/mol. The highest BCUT2D eigenvalue weighted by molar-refractivity contribution is 9.10. The normalized spacial score (nSPS) is 12.2. The molecule has 0 aliphatic rings. The predicted octanol–water partition coefficient (Wildman–Crippen LogP) is 3.30. The number of hydrogen-bond acceptors (Lipinski definition) is 4. The van der Waals surface area contributed by atoms with Crippen LogP contribution in [0.3, 0.4) is 0 Å². The number of carbonyl (C=O) groups excluding carboxylic acids is 2. The van der Waals surface area contributed by atoms with E-state index in [1.165, 1.54) is 36.2 Å². The van der Waals surface area contributed by atoms with E-state index in [0.717, 1.165) is 20.6 Å². The summed E-state index contributed by atoms with van der Waals surface area (Å²) in [4.78, 5) is 26.7. The first-order valence-corrected chi connectivity index (χ1v) is 12.7. The Hall–Kier alpha value is -2.46. The molecule has 0 saturated heterocycles. The Morgan fingerprint density at radius 3 is 2.22 bits per heavy atom. The van der Waals surface area contributed by atoms with E-state index >= 15 is 0 Å². The molecule has 174 valence electrons. The van der Waals surface area contributed by atoms with E-state index in [9.17, 15) is 22.4 Å². The van der Waals surface area contributed by atoms with Crippen LogP contribution in [-0.2, 0) is 26.2 Å². The molecular weight excluding hydrogens is 501 g/mol. The van der Waals surface area contributed by atoms with E-state index in [2.05, 4.69) is 21.2 Å². The molecule has 0 aliphatic heterocycles. The molecule has 0 unspecified atom stereocenters. The number of sulfonamides is 1. The van der Waals surface area contributed by atoms with Gasteiger partial charge in [0.2, 0.25) is 21.8 Å².